The van der Waals surface area contributed by atoms with E-state index in [-0.39, 0.29) is 12.0 Å². The Morgan fingerprint density at radius 3 is 2.46 bits per heavy atom. The first-order valence-corrected chi connectivity index (χ1v) is 10.6. The molecule has 1 N–H and O–H groups in total. The largest absolute Gasteiger partial charge is 0.490 e. The lowest BCUT2D eigenvalue weighted by molar-refractivity contribution is -0.146. The molecule has 0 saturated heterocycles. The molecular weight excluding hydrogens is 350 g/mol. The van der Waals surface area contributed by atoms with E-state index in [9.17, 15) is 4.79 Å². The summed E-state index contributed by atoms with van der Waals surface area (Å²) >= 11 is 0. The second-order valence-electron chi connectivity index (χ2n) is 8.06. The smallest absolute Gasteiger partial charge is 0.256 e. The van der Waals surface area contributed by atoms with Crippen LogP contribution in [0.4, 0.5) is 5.69 Å². The second-order valence-corrected chi connectivity index (χ2v) is 8.06. The topological polar surface area (TPSA) is 47.6 Å². The van der Waals surface area contributed by atoms with Crippen molar-refractivity contribution in [3.8, 4) is 5.75 Å². The fraction of sp³-hybridized carbons (Fsp3) is 0.542. The Labute approximate surface area is 168 Å². The number of carbonyl (C=O) groups is 1. The summed E-state index contributed by atoms with van der Waals surface area (Å²) in [5, 5.41) is 5.18. The van der Waals surface area contributed by atoms with Crippen LogP contribution in [0.3, 0.4) is 0 Å². The van der Waals surface area contributed by atoms with E-state index in [0.29, 0.717) is 12.5 Å². The number of hydrogen-bond acceptors (Lipinski definition) is 3. The van der Waals surface area contributed by atoms with Gasteiger partial charge in [-0.05, 0) is 64.0 Å². The van der Waals surface area contributed by atoms with Crippen molar-refractivity contribution in [2.45, 2.75) is 71.5 Å². The molecule has 2 aromatic rings. The zero-order valence-electron chi connectivity index (χ0n) is 17.6. The van der Waals surface area contributed by atoms with Crippen molar-refractivity contribution in [2.24, 2.45) is 5.92 Å². The van der Waals surface area contributed by atoms with E-state index in [2.05, 4.69) is 26.1 Å². The average Bonchev–Trinajstić information content (AvgIpc) is 2.71. The van der Waals surface area contributed by atoms with Crippen LogP contribution in [0, 0.1) is 5.92 Å². The maximum Gasteiger partial charge on any atom is 0.256 e. The minimum absolute atomic E-state index is 0.0259. The zero-order chi connectivity index (χ0) is 20.1. The molecule has 1 unspecified atom stereocenters. The molecule has 0 bridgehead atoms. The third kappa shape index (κ3) is 4.33. The number of amides is 1. The van der Waals surface area contributed by atoms with Crippen LogP contribution < -0.4 is 10.1 Å². The fourth-order valence-corrected chi connectivity index (χ4v) is 3.96. The lowest BCUT2D eigenvalue weighted by atomic mass is 9.78. The number of anilines is 1. The van der Waals surface area contributed by atoms with Gasteiger partial charge in [-0.25, -0.2) is 0 Å². The minimum atomic E-state index is -0.714. The standard InChI is InChI=1S/C24H33NO3/c1-5-18(4)28-22-12-11-21(19-9-7-8-10-20(19)22)25-23(26)24(27-6-2)15-13-17(3)14-16-24/h7-12,17-18H,5-6,13-16H2,1-4H3,(H,25,26). The van der Waals surface area contributed by atoms with Crippen molar-refractivity contribution in [3.63, 3.8) is 0 Å². The van der Waals surface area contributed by atoms with Crippen LogP contribution >= 0.6 is 0 Å². The maximum atomic E-state index is 13.3. The molecule has 1 fully saturated rings. The minimum Gasteiger partial charge on any atom is -0.490 e. The van der Waals surface area contributed by atoms with Crippen LogP contribution in [0.5, 0.6) is 5.75 Å². The van der Waals surface area contributed by atoms with Crippen molar-refractivity contribution in [2.75, 3.05) is 11.9 Å². The Morgan fingerprint density at radius 2 is 1.82 bits per heavy atom. The first-order valence-electron chi connectivity index (χ1n) is 10.6. The number of ether oxygens (including phenoxy) is 2. The molecule has 1 aliphatic rings. The Bertz CT molecular complexity index is 809. The number of fused-ring (bicyclic) bond motifs is 1. The summed E-state index contributed by atoms with van der Waals surface area (Å²) in [5.74, 6) is 1.48. The van der Waals surface area contributed by atoms with Crippen molar-refractivity contribution >= 4 is 22.4 Å². The van der Waals surface area contributed by atoms with Gasteiger partial charge in [0.2, 0.25) is 0 Å². The van der Waals surface area contributed by atoms with Crippen LogP contribution in [0.25, 0.3) is 10.8 Å². The third-order valence-corrected chi connectivity index (χ3v) is 5.95. The summed E-state index contributed by atoms with van der Waals surface area (Å²) in [6, 6.07) is 12.0. The highest BCUT2D eigenvalue weighted by Crippen LogP contribution is 2.37. The number of nitrogens with one attached hydrogen (secondary N) is 1. The quantitative estimate of drug-likeness (QED) is 0.643. The van der Waals surface area contributed by atoms with Gasteiger partial charge in [-0.2, -0.15) is 0 Å². The summed E-state index contributed by atoms with van der Waals surface area (Å²) in [4.78, 5) is 13.3. The zero-order valence-corrected chi connectivity index (χ0v) is 17.6. The molecule has 1 saturated carbocycles. The molecule has 3 rings (SSSR count). The predicted molar refractivity (Wildman–Crippen MR) is 115 cm³/mol. The molecule has 1 aliphatic carbocycles. The van der Waals surface area contributed by atoms with E-state index in [0.717, 1.165) is 54.3 Å². The van der Waals surface area contributed by atoms with Crippen LogP contribution in [0.15, 0.2) is 36.4 Å². The highest BCUT2D eigenvalue weighted by Gasteiger charge is 2.42. The summed E-state index contributed by atoms with van der Waals surface area (Å²) in [7, 11) is 0. The molecule has 4 nitrogen and oxygen atoms in total. The van der Waals surface area contributed by atoms with E-state index in [1.807, 2.05) is 43.3 Å². The molecule has 1 amide bonds. The van der Waals surface area contributed by atoms with Crippen LogP contribution in [0.1, 0.15) is 59.8 Å². The second kappa shape index (κ2) is 8.95. The average molecular weight is 384 g/mol. The fourth-order valence-electron chi connectivity index (χ4n) is 3.96. The van der Waals surface area contributed by atoms with Gasteiger partial charge in [-0.1, -0.05) is 38.1 Å². The van der Waals surface area contributed by atoms with E-state index < -0.39 is 5.60 Å². The first-order chi connectivity index (χ1) is 13.5. The van der Waals surface area contributed by atoms with Crippen LogP contribution in [0.2, 0.25) is 0 Å². The third-order valence-electron chi connectivity index (χ3n) is 5.95. The summed E-state index contributed by atoms with van der Waals surface area (Å²) in [6.45, 7) is 8.94. The number of benzene rings is 2. The van der Waals surface area contributed by atoms with Gasteiger partial charge in [0, 0.05) is 23.1 Å². The molecule has 0 aromatic heterocycles. The lowest BCUT2D eigenvalue weighted by Gasteiger charge is -2.37. The molecule has 4 heteroatoms. The van der Waals surface area contributed by atoms with Crippen molar-refractivity contribution < 1.29 is 14.3 Å². The van der Waals surface area contributed by atoms with Gasteiger partial charge in [0.15, 0.2) is 0 Å². The Morgan fingerprint density at radius 1 is 1.14 bits per heavy atom. The summed E-state index contributed by atoms with van der Waals surface area (Å²) < 4.78 is 12.1. The van der Waals surface area contributed by atoms with Crippen LogP contribution in [-0.2, 0) is 9.53 Å². The monoisotopic (exact) mass is 383 g/mol. The number of hydrogen-bond donors (Lipinski definition) is 1. The van der Waals surface area contributed by atoms with Gasteiger partial charge in [-0.3, -0.25) is 4.79 Å². The van der Waals surface area contributed by atoms with E-state index in [4.69, 9.17) is 9.47 Å². The lowest BCUT2D eigenvalue weighted by Crippen LogP contribution is -2.48. The van der Waals surface area contributed by atoms with Gasteiger partial charge in [0.1, 0.15) is 11.4 Å². The Balaban J connectivity index is 1.89. The van der Waals surface area contributed by atoms with E-state index in [1.165, 1.54) is 0 Å². The highest BCUT2D eigenvalue weighted by molar-refractivity contribution is 6.06. The highest BCUT2D eigenvalue weighted by atomic mass is 16.5. The molecule has 0 spiro atoms. The molecule has 1 atom stereocenters. The van der Waals surface area contributed by atoms with E-state index in [1.54, 1.807) is 0 Å². The molecule has 0 heterocycles. The van der Waals surface area contributed by atoms with Crippen molar-refractivity contribution in [1.82, 2.24) is 0 Å². The van der Waals surface area contributed by atoms with Gasteiger partial charge >= 0.3 is 0 Å². The van der Waals surface area contributed by atoms with E-state index >= 15 is 0 Å². The summed E-state index contributed by atoms with van der Waals surface area (Å²) in [6.07, 6.45) is 4.70. The molecule has 28 heavy (non-hydrogen) atoms. The van der Waals surface area contributed by atoms with Crippen molar-refractivity contribution in [1.29, 1.82) is 0 Å². The van der Waals surface area contributed by atoms with Gasteiger partial charge in [0.25, 0.3) is 5.91 Å². The number of rotatable bonds is 7. The van der Waals surface area contributed by atoms with Gasteiger partial charge in [-0.15, -0.1) is 0 Å². The Kier molecular flexibility index (Phi) is 6.61. The molecule has 0 radical (unpaired) electrons. The Hall–Kier alpha value is -2.07. The molecule has 0 aliphatic heterocycles. The van der Waals surface area contributed by atoms with Gasteiger partial charge < -0.3 is 14.8 Å². The van der Waals surface area contributed by atoms with Crippen LogP contribution in [-0.4, -0.2) is 24.2 Å². The predicted octanol–water partition coefficient (Wildman–Crippen LogP) is 5.94. The summed E-state index contributed by atoms with van der Waals surface area (Å²) in [5.41, 5.74) is 0.101. The molecule has 2 aromatic carbocycles. The number of carbonyl (C=O) groups excluding carboxylic acids is 1. The SMILES string of the molecule is CCOC1(C(=O)Nc2ccc(OC(C)CC)c3ccccc23)CCC(C)CC1. The normalized spacial score (nSPS) is 23.4. The maximum absolute atomic E-state index is 13.3. The molecule has 152 valence electrons. The van der Waals surface area contributed by atoms with Crippen molar-refractivity contribution in [3.05, 3.63) is 36.4 Å². The van der Waals surface area contributed by atoms with Gasteiger partial charge in [0.05, 0.1) is 6.10 Å². The molecular formula is C24H33NO3. The first kappa shape index (κ1) is 20.7.